The average Bonchev–Trinajstić information content (AvgIpc) is 2.55. The second-order valence-electron chi connectivity index (χ2n) is 6.05. The van der Waals surface area contributed by atoms with Gasteiger partial charge in [0, 0.05) is 22.8 Å². The maximum atomic E-state index is 10.7. The summed E-state index contributed by atoms with van der Waals surface area (Å²) < 4.78 is 5.21. The Labute approximate surface area is 140 Å². The van der Waals surface area contributed by atoms with Crippen LogP contribution in [0.25, 0.3) is 0 Å². The molecule has 5 heteroatoms. The van der Waals surface area contributed by atoms with Crippen molar-refractivity contribution in [1.82, 2.24) is 0 Å². The molecule has 23 heavy (non-hydrogen) atoms. The van der Waals surface area contributed by atoms with E-state index in [1.165, 1.54) is 0 Å². The van der Waals surface area contributed by atoms with Crippen molar-refractivity contribution in [2.24, 2.45) is 5.41 Å². The Morgan fingerprint density at radius 2 is 1.91 bits per heavy atom. The lowest BCUT2D eigenvalue weighted by atomic mass is 9.87. The molecule has 122 valence electrons. The quantitative estimate of drug-likeness (QED) is 0.760. The first-order valence-electron chi connectivity index (χ1n) is 7.58. The molecule has 0 bridgehead atoms. The number of benzene rings is 2. The standard InChI is InChI=1S/C18H20ClNO3/c19-14-6-7-16(20-9-18(10-21)11-23-12-18)15(8-14)17(22)13-4-2-1-3-5-13/h1-8,17,20-22H,9-12H2. The third kappa shape index (κ3) is 3.51. The third-order valence-electron chi connectivity index (χ3n) is 4.23. The molecule has 0 aromatic heterocycles. The van der Waals surface area contributed by atoms with E-state index in [0.29, 0.717) is 24.8 Å². The summed E-state index contributed by atoms with van der Waals surface area (Å²) in [6.07, 6.45) is -0.764. The predicted octanol–water partition coefficient (Wildman–Crippen LogP) is 2.84. The van der Waals surface area contributed by atoms with Gasteiger partial charge in [-0.2, -0.15) is 0 Å². The second-order valence-corrected chi connectivity index (χ2v) is 6.49. The maximum Gasteiger partial charge on any atom is 0.106 e. The largest absolute Gasteiger partial charge is 0.396 e. The second kappa shape index (κ2) is 6.89. The molecular formula is C18H20ClNO3. The first kappa shape index (κ1) is 16.3. The predicted molar refractivity (Wildman–Crippen MR) is 90.8 cm³/mol. The van der Waals surface area contributed by atoms with E-state index in [-0.39, 0.29) is 12.0 Å². The lowest BCUT2D eigenvalue weighted by Gasteiger charge is -2.40. The molecule has 4 nitrogen and oxygen atoms in total. The highest BCUT2D eigenvalue weighted by Gasteiger charge is 2.38. The number of ether oxygens (including phenoxy) is 1. The van der Waals surface area contributed by atoms with Crippen LogP contribution in [-0.4, -0.2) is 36.6 Å². The van der Waals surface area contributed by atoms with Crippen molar-refractivity contribution in [1.29, 1.82) is 0 Å². The first-order valence-corrected chi connectivity index (χ1v) is 7.96. The summed E-state index contributed by atoms with van der Waals surface area (Å²) in [6, 6.07) is 14.9. The highest BCUT2D eigenvalue weighted by Crippen LogP contribution is 2.33. The molecule has 2 aromatic carbocycles. The fourth-order valence-corrected chi connectivity index (χ4v) is 2.84. The summed E-state index contributed by atoms with van der Waals surface area (Å²) in [5.41, 5.74) is 2.10. The van der Waals surface area contributed by atoms with Crippen molar-refractivity contribution in [3.05, 3.63) is 64.7 Å². The number of nitrogens with one attached hydrogen (secondary N) is 1. The molecule has 1 aliphatic rings. The summed E-state index contributed by atoms with van der Waals surface area (Å²) in [7, 11) is 0. The van der Waals surface area contributed by atoms with E-state index in [4.69, 9.17) is 16.3 Å². The normalized spacial score (nSPS) is 17.3. The highest BCUT2D eigenvalue weighted by molar-refractivity contribution is 6.30. The van der Waals surface area contributed by atoms with E-state index < -0.39 is 6.10 Å². The first-order chi connectivity index (χ1) is 11.1. The minimum Gasteiger partial charge on any atom is -0.396 e. The van der Waals surface area contributed by atoms with Crippen LogP contribution in [-0.2, 0) is 4.74 Å². The molecule has 1 saturated heterocycles. The lowest BCUT2D eigenvalue weighted by molar-refractivity contribution is -0.128. The van der Waals surface area contributed by atoms with E-state index in [1.807, 2.05) is 36.4 Å². The van der Waals surface area contributed by atoms with Gasteiger partial charge in [0.15, 0.2) is 0 Å². The van der Waals surface area contributed by atoms with Crippen LogP contribution in [0.5, 0.6) is 0 Å². The fourth-order valence-electron chi connectivity index (χ4n) is 2.66. The average molecular weight is 334 g/mol. The van der Waals surface area contributed by atoms with Crippen molar-refractivity contribution >= 4 is 17.3 Å². The number of hydrogen-bond acceptors (Lipinski definition) is 4. The smallest absolute Gasteiger partial charge is 0.106 e. The molecular weight excluding hydrogens is 314 g/mol. The summed E-state index contributed by atoms with van der Waals surface area (Å²) in [5.74, 6) is 0. The van der Waals surface area contributed by atoms with Gasteiger partial charge in [-0.1, -0.05) is 41.9 Å². The van der Waals surface area contributed by atoms with Crippen LogP contribution in [0.2, 0.25) is 5.02 Å². The van der Waals surface area contributed by atoms with Crippen LogP contribution in [0.3, 0.4) is 0 Å². The van der Waals surface area contributed by atoms with Crippen LogP contribution < -0.4 is 5.32 Å². The Morgan fingerprint density at radius 1 is 1.17 bits per heavy atom. The van der Waals surface area contributed by atoms with Crippen molar-refractivity contribution in [3.63, 3.8) is 0 Å². The van der Waals surface area contributed by atoms with Crippen molar-refractivity contribution in [2.45, 2.75) is 6.10 Å². The number of aliphatic hydroxyl groups is 2. The molecule has 0 spiro atoms. The van der Waals surface area contributed by atoms with E-state index in [1.54, 1.807) is 12.1 Å². The van der Waals surface area contributed by atoms with Crippen LogP contribution in [0.4, 0.5) is 5.69 Å². The Morgan fingerprint density at radius 3 is 2.52 bits per heavy atom. The monoisotopic (exact) mass is 333 g/mol. The molecule has 1 aliphatic heterocycles. The van der Waals surface area contributed by atoms with E-state index in [0.717, 1.165) is 16.8 Å². The number of rotatable bonds is 6. The summed E-state index contributed by atoms with van der Waals surface area (Å²) in [5, 5.41) is 24.1. The Bertz CT molecular complexity index is 653. The summed E-state index contributed by atoms with van der Waals surface area (Å²) in [4.78, 5) is 0. The molecule has 0 aliphatic carbocycles. The fraction of sp³-hybridized carbons (Fsp3) is 0.333. The van der Waals surface area contributed by atoms with Gasteiger partial charge in [-0.25, -0.2) is 0 Å². The van der Waals surface area contributed by atoms with Crippen LogP contribution >= 0.6 is 11.6 Å². The molecule has 0 amide bonds. The van der Waals surface area contributed by atoms with Crippen molar-refractivity contribution < 1.29 is 14.9 Å². The minimum absolute atomic E-state index is 0.0736. The van der Waals surface area contributed by atoms with Gasteiger partial charge >= 0.3 is 0 Å². The molecule has 0 radical (unpaired) electrons. The summed E-state index contributed by atoms with van der Waals surface area (Å²) in [6.45, 7) is 1.74. The van der Waals surface area contributed by atoms with Crippen molar-refractivity contribution in [2.75, 3.05) is 31.7 Å². The SMILES string of the molecule is OCC1(CNc2ccc(Cl)cc2C(O)c2ccccc2)COC1. The van der Waals surface area contributed by atoms with E-state index in [9.17, 15) is 10.2 Å². The van der Waals surface area contributed by atoms with Crippen LogP contribution in [0, 0.1) is 5.41 Å². The molecule has 2 aromatic rings. The number of hydrogen-bond donors (Lipinski definition) is 3. The maximum absolute atomic E-state index is 10.7. The Hall–Kier alpha value is -1.59. The van der Waals surface area contributed by atoms with E-state index in [2.05, 4.69) is 5.32 Å². The molecule has 1 heterocycles. The molecule has 1 unspecified atom stereocenters. The van der Waals surface area contributed by atoms with E-state index >= 15 is 0 Å². The molecule has 0 saturated carbocycles. The van der Waals surface area contributed by atoms with Crippen molar-refractivity contribution in [3.8, 4) is 0 Å². The third-order valence-corrected chi connectivity index (χ3v) is 4.46. The molecule has 1 fully saturated rings. The van der Waals surface area contributed by atoms with Gasteiger partial charge in [-0.3, -0.25) is 0 Å². The topological polar surface area (TPSA) is 61.7 Å². The zero-order chi connectivity index (χ0) is 16.3. The van der Waals surface area contributed by atoms with Gasteiger partial charge in [-0.05, 0) is 23.8 Å². The van der Waals surface area contributed by atoms with Crippen LogP contribution in [0.15, 0.2) is 48.5 Å². The molecule has 1 atom stereocenters. The van der Waals surface area contributed by atoms with Crippen LogP contribution in [0.1, 0.15) is 17.2 Å². The zero-order valence-electron chi connectivity index (χ0n) is 12.7. The van der Waals surface area contributed by atoms with Gasteiger partial charge < -0.3 is 20.3 Å². The van der Waals surface area contributed by atoms with Gasteiger partial charge in [0.1, 0.15) is 6.10 Å². The number of anilines is 1. The summed E-state index contributed by atoms with van der Waals surface area (Å²) >= 11 is 6.11. The van der Waals surface area contributed by atoms with Gasteiger partial charge in [0.25, 0.3) is 0 Å². The number of halogens is 1. The molecule has 3 N–H and O–H groups in total. The Balaban J connectivity index is 1.83. The highest BCUT2D eigenvalue weighted by atomic mass is 35.5. The van der Waals surface area contributed by atoms with Gasteiger partial charge in [-0.15, -0.1) is 0 Å². The minimum atomic E-state index is -0.764. The van der Waals surface area contributed by atoms with Gasteiger partial charge in [0.05, 0.1) is 25.2 Å². The Kier molecular flexibility index (Phi) is 4.87. The van der Waals surface area contributed by atoms with Gasteiger partial charge in [0.2, 0.25) is 0 Å². The molecule has 3 rings (SSSR count). The lowest BCUT2D eigenvalue weighted by Crippen LogP contribution is -2.50. The zero-order valence-corrected chi connectivity index (χ0v) is 13.5. The number of aliphatic hydroxyl groups excluding tert-OH is 2.